The summed E-state index contributed by atoms with van der Waals surface area (Å²) in [6.45, 7) is 3.74. The third-order valence-electron chi connectivity index (χ3n) is 5.14. The van der Waals surface area contributed by atoms with E-state index in [1.807, 2.05) is 26.0 Å². The van der Waals surface area contributed by atoms with Gasteiger partial charge in [0.2, 0.25) is 5.91 Å². The number of hydrogen-bond donors (Lipinski definition) is 1. The van der Waals surface area contributed by atoms with E-state index in [0.717, 1.165) is 5.39 Å². The first kappa shape index (κ1) is 22.1. The Bertz CT molecular complexity index is 1350. The van der Waals surface area contributed by atoms with Crippen LogP contribution in [0.25, 0.3) is 22.4 Å². The maximum Gasteiger partial charge on any atom is 0.258 e. The van der Waals surface area contributed by atoms with Gasteiger partial charge in [0, 0.05) is 41.3 Å². The molecule has 33 heavy (non-hydrogen) atoms. The van der Waals surface area contributed by atoms with Crippen molar-refractivity contribution in [3.63, 3.8) is 0 Å². The number of methoxy groups -OCH3 is 2. The third kappa shape index (κ3) is 4.57. The molecule has 0 fully saturated rings. The van der Waals surface area contributed by atoms with Crippen molar-refractivity contribution in [1.82, 2.24) is 14.7 Å². The van der Waals surface area contributed by atoms with E-state index in [9.17, 15) is 9.59 Å². The maximum atomic E-state index is 13.0. The lowest BCUT2D eigenvalue weighted by molar-refractivity contribution is -0.116. The fourth-order valence-corrected chi connectivity index (χ4v) is 3.48. The fourth-order valence-electron chi connectivity index (χ4n) is 3.48. The average molecular weight is 448 g/mol. The van der Waals surface area contributed by atoms with Crippen molar-refractivity contribution in [1.29, 1.82) is 0 Å². The van der Waals surface area contributed by atoms with E-state index in [-0.39, 0.29) is 29.8 Å². The third-order valence-corrected chi connectivity index (χ3v) is 5.14. The quantitative estimate of drug-likeness (QED) is 0.458. The summed E-state index contributed by atoms with van der Waals surface area (Å²) in [4.78, 5) is 30.2. The van der Waals surface area contributed by atoms with Crippen molar-refractivity contribution in [2.24, 2.45) is 0 Å². The second-order valence-electron chi connectivity index (χ2n) is 7.76. The predicted molar refractivity (Wildman–Crippen MR) is 124 cm³/mol. The molecule has 0 radical (unpaired) electrons. The Hall–Kier alpha value is -4.14. The molecule has 9 nitrogen and oxygen atoms in total. The number of aromatic nitrogens is 3. The Labute approximate surface area is 189 Å². The zero-order valence-corrected chi connectivity index (χ0v) is 18.8. The summed E-state index contributed by atoms with van der Waals surface area (Å²) in [5.41, 5.74) is 1.26. The Kier molecular flexibility index (Phi) is 6.12. The zero-order chi connectivity index (χ0) is 23.5. The number of nitrogens with zero attached hydrogens (tertiary/aromatic N) is 3. The number of nitrogens with one attached hydrogen (secondary N) is 1. The number of rotatable bonds is 7. The Morgan fingerprint density at radius 2 is 1.79 bits per heavy atom. The van der Waals surface area contributed by atoms with Crippen molar-refractivity contribution in [2.45, 2.75) is 26.3 Å². The van der Waals surface area contributed by atoms with Crippen LogP contribution < -0.4 is 20.3 Å². The molecule has 0 aliphatic heterocycles. The van der Waals surface area contributed by atoms with Crippen LogP contribution in [0.15, 0.2) is 57.8 Å². The highest BCUT2D eigenvalue weighted by atomic mass is 16.5. The first-order chi connectivity index (χ1) is 15.9. The van der Waals surface area contributed by atoms with Gasteiger partial charge in [0.05, 0.1) is 25.3 Å². The van der Waals surface area contributed by atoms with E-state index in [0.29, 0.717) is 34.1 Å². The fraction of sp³-hybridized carbons (Fsp3) is 0.250. The minimum absolute atomic E-state index is 0.0908. The monoisotopic (exact) mass is 448 g/mol. The highest BCUT2D eigenvalue weighted by Gasteiger charge is 2.18. The number of ether oxygens (including phenoxy) is 2. The molecule has 0 spiro atoms. The Morgan fingerprint density at radius 1 is 1.09 bits per heavy atom. The molecule has 4 aromatic rings. The van der Waals surface area contributed by atoms with E-state index in [1.165, 1.54) is 24.9 Å². The highest BCUT2D eigenvalue weighted by Crippen LogP contribution is 2.28. The summed E-state index contributed by atoms with van der Waals surface area (Å²) in [5.74, 6) is 1.63. The summed E-state index contributed by atoms with van der Waals surface area (Å²) in [7, 11) is 3.06. The molecular weight excluding hydrogens is 424 g/mol. The smallest absolute Gasteiger partial charge is 0.258 e. The molecule has 0 saturated carbocycles. The number of para-hydroxylation sites is 1. The minimum atomic E-state index is -0.370. The summed E-state index contributed by atoms with van der Waals surface area (Å²) >= 11 is 0. The molecular formula is C24H24N4O5. The van der Waals surface area contributed by atoms with Crippen LogP contribution in [0.3, 0.4) is 0 Å². The van der Waals surface area contributed by atoms with Crippen LogP contribution in [-0.2, 0) is 11.3 Å². The van der Waals surface area contributed by atoms with Gasteiger partial charge in [0.15, 0.2) is 5.82 Å². The molecule has 2 aromatic carbocycles. The van der Waals surface area contributed by atoms with Gasteiger partial charge in [0.25, 0.3) is 11.4 Å². The minimum Gasteiger partial charge on any atom is -0.497 e. The van der Waals surface area contributed by atoms with E-state index < -0.39 is 0 Å². The van der Waals surface area contributed by atoms with E-state index in [4.69, 9.17) is 14.0 Å². The van der Waals surface area contributed by atoms with Crippen LogP contribution in [0.4, 0.5) is 5.69 Å². The largest absolute Gasteiger partial charge is 0.497 e. The molecule has 0 aliphatic carbocycles. The first-order valence-corrected chi connectivity index (χ1v) is 10.4. The number of pyridine rings is 1. The molecule has 0 atom stereocenters. The number of amides is 1. The summed E-state index contributed by atoms with van der Waals surface area (Å²) in [6.07, 6.45) is 0. The van der Waals surface area contributed by atoms with Crippen molar-refractivity contribution in [3.8, 4) is 23.0 Å². The van der Waals surface area contributed by atoms with Crippen molar-refractivity contribution < 1.29 is 18.8 Å². The van der Waals surface area contributed by atoms with Crippen LogP contribution in [-0.4, -0.2) is 34.8 Å². The van der Waals surface area contributed by atoms with Gasteiger partial charge in [-0.05, 0) is 6.07 Å². The van der Waals surface area contributed by atoms with Crippen LogP contribution in [0, 0.1) is 0 Å². The standard InChI is InChI=1S/C24H24N4O5/c1-14(2)23-26-24(33-27-23)19-12-22(30)28(20-8-6-5-7-18(19)20)13-21(29)25-15-9-16(31-3)11-17(10-15)32-4/h5-12,14H,13H2,1-4H3,(H,25,29). The van der Waals surface area contributed by atoms with Gasteiger partial charge in [-0.3, -0.25) is 14.2 Å². The number of carbonyl (C=O) groups excluding carboxylic acids is 1. The predicted octanol–water partition coefficient (Wildman–Crippen LogP) is 3.83. The molecule has 0 aliphatic rings. The second-order valence-corrected chi connectivity index (χ2v) is 7.76. The molecule has 9 heteroatoms. The lowest BCUT2D eigenvalue weighted by atomic mass is 10.1. The van der Waals surface area contributed by atoms with Gasteiger partial charge in [0.1, 0.15) is 18.0 Å². The maximum absolute atomic E-state index is 13.0. The average Bonchev–Trinajstić information content (AvgIpc) is 3.31. The lowest BCUT2D eigenvalue weighted by Crippen LogP contribution is -2.27. The number of benzene rings is 2. The molecule has 170 valence electrons. The van der Waals surface area contributed by atoms with Gasteiger partial charge in [-0.25, -0.2) is 0 Å². The molecule has 0 saturated heterocycles. The number of fused-ring (bicyclic) bond motifs is 1. The molecule has 0 bridgehead atoms. The van der Waals surface area contributed by atoms with Crippen LogP contribution in [0.1, 0.15) is 25.6 Å². The van der Waals surface area contributed by atoms with Crippen molar-refractivity contribution in [3.05, 3.63) is 64.7 Å². The molecule has 1 amide bonds. The summed E-state index contributed by atoms with van der Waals surface area (Å²) in [6, 6.07) is 13.8. The van der Waals surface area contributed by atoms with Crippen LogP contribution in [0.5, 0.6) is 11.5 Å². The number of anilines is 1. The first-order valence-electron chi connectivity index (χ1n) is 10.4. The van der Waals surface area contributed by atoms with Gasteiger partial charge >= 0.3 is 0 Å². The Morgan fingerprint density at radius 3 is 2.42 bits per heavy atom. The topological polar surface area (TPSA) is 108 Å². The van der Waals surface area contributed by atoms with Crippen molar-refractivity contribution in [2.75, 3.05) is 19.5 Å². The van der Waals surface area contributed by atoms with E-state index in [2.05, 4.69) is 15.5 Å². The van der Waals surface area contributed by atoms with Crippen LogP contribution >= 0.6 is 0 Å². The molecule has 4 rings (SSSR count). The number of hydrogen-bond acceptors (Lipinski definition) is 7. The SMILES string of the molecule is COc1cc(NC(=O)Cn2c(=O)cc(-c3nc(C(C)C)no3)c3ccccc32)cc(OC)c1. The van der Waals surface area contributed by atoms with Gasteiger partial charge in [-0.2, -0.15) is 4.98 Å². The van der Waals surface area contributed by atoms with Gasteiger partial charge in [-0.15, -0.1) is 0 Å². The summed E-state index contributed by atoms with van der Waals surface area (Å²) in [5, 5.41) is 7.52. The van der Waals surface area contributed by atoms with E-state index in [1.54, 1.807) is 30.3 Å². The Balaban J connectivity index is 1.68. The summed E-state index contributed by atoms with van der Waals surface area (Å²) < 4.78 is 17.3. The van der Waals surface area contributed by atoms with Crippen LogP contribution in [0.2, 0.25) is 0 Å². The highest BCUT2D eigenvalue weighted by molar-refractivity contribution is 5.95. The van der Waals surface area contributed by atoms with E-state index >= 15 is 0 Å². The molecule has 2 aromatic heterocycles. The second kappa shape index (κ2) is 9.15. The van der Waals surface area contributed by atoms with Gasteiger partial charge < -0.3 is 19.3 Å². The number of carbonyl (C=O) groups is 1. The molecule has 2 heterocycles. The van der Waals surface area contributed by atoms with Gasteiger partial charge in [-0.1, -0.05) is 37.2 Å². The molecule has 1 N–H and O–H groups in total. The zero-order valence-electron chi connectivity index (χ0n) is 18.8. The molecule has 0 unspecified atom stereocenters. The van der Waals surface area contributed by atoms with Crippen molar-refractivity contribution >= 4 is 22.5 Å². The lowest BCUT2D eigenvalue weighted by Gasteiger charge is -2.13. The normalized spacial score (nSPS) is 11.1.